The number of esters is 1. The number of halogens is 6. The molecule has 5 rings (SSSR count). The molecule has 0 spiro atoms. The van der Waals surface area contributed by atoms with E-state index in [1.807, 2.05) is 0 Å². The van der Waals surface area contributed by atoms with Crippen LogP contribution in [0, 0.1) is 0 Å². The van der Waals surface area contributed by atoms with E-state index >= 15 is 0 Å². The summed E-state index contributed by atoms with van der Waals surface area (Å²) < 4.78 is 87.3. The molecule has 0 N–H and O–H groups in total. The number of benzene rings is 4. The molecular formula is C31H21F6N3O3. The molecule has 0 aliphatic rings. The van der Waals surface area contributed by atoms with Crippen LogP contribution in [-0.2, 0) is 22.1 Å². The minimum Gasteiger partial charge on any atom is -0.452 e. The summed E-state index contributed by atoms with van der Waals surface area (Å²) in [6, 6.07) is 25.1. The molecule has 4 aromatic carbocycles. The van der Waals surface area contributed by atoms with Crippen molar-refractivity contribution in [3.63, 3.8) is 0 Å². The van der Waals surface area contributed by atoms with E-state index in [4.69, 9.17) is 4.74 Å². The Balaban J connectivity index is 1.26. The van der Waals surface area contributed by atoms with Crippen molar-refractivity contribution in [3.8, 4) is 22.8 Å². The van der Waals surface area contributed by atoms with E-state index in [1.54, 1.807) is 54.6 Å². The third kappa shape index (κ3) is 7.59. The molecule has 0 aliphatic carbocycles. The molecule has 1 unspecified atom stereocenters. The molecule has 1 heterocycles. The van der Waals surface area contributed by atoms with Crippen LogP contribution in [0.15, 0.2) is 109 Å². The highest BCUT2D eigenvalue weighted by atomic mass is 19.4. The lowest BCUT2D eigenvalue weighted by molar-refractivity contribution is -0.274. The van der Waals surface area contributed by atoms with Gasteiger partial charge in [0.2, 0.25) is 0 Å². The monoisotopic (exact) mass is 597 g/mol. The summed E-state index contributed by atoms with van der Waals surface area (Å²) in [6.07, 6.45) is -8.88. The number of carbonyl (C=O) groups excluding carboxylic acids is 1. The first-order valence-electron chi connectivity index (χ1n) is 12.7. The summed E-state index contributed by atoms with van der Waals surface area (Å²) in [5.41, 5.74) is 1.91. The van der Waals surface area contributed by atoms with Crippen molar-refractivity contribution < 1.29 is 40.6 Å². The standard InChI is InChI=1S/C31H21F6N3O3/c32-30(33,34)24-12-10-22(11-13-24)28(21-4-2-1-3-5-21)42-27(41)18-20-6-8-23(9-7-20)29-38-19-40(39-29)25-14-16-26(17-15-25)43-31(35,36)37/h1-17,19,28H,18H2. The summed E-state index contributed by atoms with van der Waals surface area (Å²) >= 11 is 0. The van der Waals surface area contributed by atoms with Crippen LogP contribution in [0.25, 0.3) is 17.1 Å². The van der Waals surface area contributed by atoms with Crippen molar-refractivity contribution in [2.45, 2.75) is 25.1 Å². The highest BCUT2D eigenvalue weighted by molar-refractivity contribution is 5.73. The van der Waals surface area contributed by atoms with E-state index in [2.05, 4.69) is 14.8 Å². The number of nitrogens with zero attached hydrogens (tertiary/aromatic N) is 3. The zero-order valence-corrected chi connectivity index (χ0v) is 22.0. The topological polar surface area (TPSA) is 66.2 Å². The SMILES string of the molecule is O=C(Cc1ccc(-c2ncn(-c3ccc(OC(F)(F)F)cc3)n2)cc1)OC(c1ccccc1)c1ccc(C(F)(F)F)cc1. The second-order valence-electron chi connectivity index (χ2n) is 9.33. The number of rotatable bonds is 8. The Kier molecular flexibility index (Phi) is 8.20. The maximum Gasteiger partial charge on any atom is 0.573 e. The second kappa shape index (κ2) is 12.0. The molecule has 0 amide bonds. The van der Waals surface area contributed by atoms with Crippen LogP contribution < -0.4 is 4.74 Å². The van der Waals surface area contributed by atoms with Crippen LogP contribution in [-0.4, -0.2) is 27.1 Å². The Morgan fingerprint density at radius 2 is 1.40 bits per heavy atom. The number of aromatic nitrogens is 3. The second-order valence-corrected chi connectivity index (χ2v) is 9.33. The predicted molar refractivity (Wildman–Crippen MR) is 143 cm³/mol. The molecule has 0 saturated heterocycles. The minimum absolute atomic E-state index is 0.0987. The molecule has 0 saturated carbocycles. The third-order valence-electron chi connectivity index (χ3n) is 6.28. The normalized spacial score (nSPS) is 12.5. The molecule has 0 bridgehead atoms. The van der Waals surface area contributed by atoms with Crippen LogP contribution in [0.1, 0.15) is 28.4 Å². The molecule has 12 heteroatoms. The quantitative estimate of drug-likeness (QED) is 0.135. The van der Waals surface area contributed by atoms with Crippen LogP contribution in [0.5, 0.6) is 5.75 Å². The van der Waals surface area contributed by atoms with Gasteiger partial charge in [0.1, 0.15) is 12.1 Å². The van der Waals surface area contributed by atoms with Gasteiger partial charge in [0, 0.05) is 5.56 Å². The number of ether oxygens (including phenoxy) is 2. The molecule has 43 heavy (non-hydrogen) atoms. The minimum atomic E-state index is -4.79. The first-order valence-corrected chi connectivity index (χ1v) is 12.7. The summed E-state index contributed by atoms with van der Waals surface area (Å²) in [5, 5.41) is 4.35. The van der Waals surface area contributed by atoms with E-state index in [0.717, 1.165) is 24.3 Å². The van der Waals surface area contributed by atoms with E-state index in [1.165, 1.54) is 35.3 Å². The molecule has 1 atom stereocenters. The van der Waals surface area contributed by atoms with Gasteiger partial charge in [0.05, 0.1) is 17.7 Å². The fraction of sp³-hybridized carbons (Fsp3) is 0.129. The van der Waals surface area contributed by atoms with Crippen LogP contribution in [0.2, 0.25) is 0 Å². The summed E-state index contributed by atoms with van der Waals surface area (Å²) in [4.78, 5) is 17.2. The lowest BCUT2D eigenvalue weighted by Gasteiger charge is -2.20. The molecule has 220 valence electrons. The molecular weight excluding hydrogens is 576 g/mol. The highest BCUT2D eigenvalue weighted by Gasteiger charge is 2.31. The van der Waals surface area contributed by atoms with Gasteiger partial charge < -0.3 is 9.47 Å². The molecule has 6 nitrogen and oxygen atoms in total. The lowest BCUT2D eigenvalue weighted by atomic mass is 10.00. The summed E-state index contributed by atoms with van der Waals surface area (Å²) in [7, 11) is 0. The van der Waals surface area contributed by atoms with Crippen molar-refractivity contribution >= 4 is 5.97 Å². The first-order chi connectivity index (χ1) is 20.4. The van der Waals surface area contributed by atoms with E-state index in [0.29, 0.717) is 33.8 Å². The highest BCUT2D eigenvalue weighted by Crippen LogP contribution is 2.32. The summed E-state index contributed by atoms with van der Waals surface area (Å²) in [6.45, 7) is 0. The molecule has 5 aromatic rings. The Bertz CT molecular complexity index is 1670. The van der Waals surface area contributed by atoms with Gasteiger partial charge in [-0.25, -0.2) is 9.67 Å². The van der Waals surface area contributed by atoms with E-state index in [9.17, 15) is 31.1 Å². The van der Waals surface area contributed by atoms with E-state index in [-0.39, 0.29) is 12.2 Å². The zero-order chi connectivity index (χ0) is 30.6. The average molecular weight is 598 g/mol. The van der Waals surface area contributed by atoms with Crippen molar-refractivity contribution in [2.24, 2.45) is 0 Å². The Morgan fingerprint density at radius 3 is 2.00 bits per heavy atom. The largest absolute Gasteiger partial charge is 0.573 e. The van der Waals surface area contributed by atoms with Gasteiger partial charge in [-0.3, -0.25) is 4.79 Å². The van der Waals surface area contributed by atoms with Gasteiger partial charge in [-0.05, 0) is 53.1 Å². The molecule has 0 aliphatic heterocycles. The van der Waals surface area contributed by atoms with E-state index < -0.39 is 30.2 Å². The van der Waals surface area contributed by atoms with Crippen molar-refractivity contribution in [3.05, 3.63) is 132 Å². The van der Waals surface area contributed by atoms with Crippen LogP contribution >= 0.6 is 0 Å². The fourth-order valence-corrected chi connectivity index (χ4v) is 4.23. The maximum atomic E-state index is 13.0. The van der Waals surface area contributed by atoms with Gasteiger partial charge >= 0.3 is 18.5 Å². The van der Waals surface area contributed by atoms with Gasteiger partial charge in [0.25, 0.3) is 0 Å². The van der Waals surface area contributed by atoms with Crippen molar-refractivity contribution in [1.29, 1.82) is 0 Å². The Morgan fingerprint density at radius 1 is 0.767 bits per heavy atom. The van der Waals surface area contributed by atoms with Crippen molar-refractivity contribution in [2.75, 3.05) is 0 Å². The lowest BCUT2D eigenvalue weighted by Crippen LogP contribution is -2.17. The molecule has 0 radical (unpaired) electrons. The maximum absolute atomic E-state index is 13.0. The van der Waals surface area contributed by atoms with Gasteiger partial charge in [-0.2, -0.15) is 13.2 Å². The number of hydrogen-bond acceptors (Lipinski definition) is 5. The number of carbonyl (C=O) groups is 1. The van der Waals surface area contributed by atoms with Gasteiger partial charge in [-0.15, -0.1) is 18.3 Å². The Hall–Kier alpha value is -5.13. The number of alkyl halides is 6. The van der Waals surface area contributed by atoms with Crippen LogP contribution in [0.4, 0.5) is 26.3 Å². The average Bonchev–Trinajstić information content (AvgIpc) is 3.46. The van der Waals surface area contributed by atoms with Gasteiger partial charge in [-0.1, -0.05) is 66.7 Å². The fourth-order valence-electron chi connectivity index (χ4n) is 4.23. The zero-order valence-electron chi connectivity index (χ0n) is 22.0. The molecule has 1 aromatic heterocycles. The summed E-state index contributed by atoms with van der Waals surface area (Å²) in [5.74, 6) is -0.599. The third-order valence-corrected chi connectivity index (χ3v) is 6.28. The van der Waals surface area contributed by atoms with Crippen molar-refractivity contribution in [1.82, 2.24) is 14.8 Å². The van der Waals surface area contributed by atoms with Gasteiger partial charge in [0.15, 0.2) is 11.9 Å². The number of hydrogen-bond donors (Lipinski definition) is 0. The predicted octanol–water partition coefficient (Wildman–Crippen LogP) is 7.73. The van der Waals surface area contributed by atoms with Crippen LogP contribution in [0.3, 0.4) is 0 Å². The first kappa shape index (κ1) is 29.4. The molecule has 0 fully saturated rings. The smallest absolute Gasteiger partial charge is 0.452 e. The Labute approximate surface area is 241 Å².